The number of nitrogens with zero attached hydrogens (tertiary/aromatic N) is 2. The number of aromatic nitrogens is 2. The van der Waals surface area contributed by atoms with E-state index in [0.29, 0.717) is 17.3 Å². The van der Waals surface area contributed by atoms with Gasteiger partial charge in [-0.3, -0.25) is 4.79 Å². The average molecular weight is 403 g/mol. The molecule has 1 N–H and O–H groups in total. The summed E-state index contributed by atoms with van der Waals surface area (Å²) in [6.07, 6.45) is 4.27. The number of hydrogen-bond acceptors (Lipinski definition) is 5. The van der Waals surface area contributed by atoms with Gasteiger partial charge >= 0.3 is 0 Å². The minimum atomic E-state index is -0.0923. The van der Waals surface area contributed by atoms with Gasteiger partial charge < -0.3 is 19.4 Å². The third-order valence-corrected chi connectivity index (χ3v) is 5.38. The van der Waals surface area contributed by atoms with Crippen LogP contribution in [-0.2, 0) is 11.2 Å². The van der Waals surface area contributed by atoms with E-state index in [9.17, 15) is 4.79 Å². The number of carbonyl (C=O) groups excluding carboxylic acids is 1. The molecule has 29 heavy (non-hydrogen) atoms. The van der Waals surface area contributed by atoms with Gasteiger partial charge in [0.05, 0.1) is 12.1 Å². The van der Waals surface area contributed by atoms with Gasteiger partial charge in [-0.1, -0.05) is 12.1 Å². The van der Waals surface area contributed by atoms with Gasteiger partial charge in [-0.2, -0.15) is 0 Å². The van der Waals surface area contributed by atoms with E-state index in [4.69, 9.17) is 9.47 Å². The van der Waals surface area contributed by atoms with Gasteiger partial charge in [0.1, 0.15) is 0 Å². The fourth-order valence-corrected chi connectivity index (χ4v) is 3.90. The standard InChI is InChI=1S/C22H17N3O3S/c26-21(11-15-3-6-17(7-4-15)25-9-1-2-10-25)24-22-23-18(13-29-22)16-5-8-19-20(12-16)28-14-27-19/h1-10,12-13H,11,14H2,(H,23,24,26). The number of amides is 1. The number of fused-ring (bicyclic) bond motifs is 1. The van der Waals surface area contributed by atoms with E-state index < -0.39 is 0 Å². The lowest BCUT2D eigenvalue weighted by molar-refractivity contribution is -0.115. The van der Waals surface area contributed by atoms with Crippen molar-refractivity contribution in [2.75, 3.05) is 12.1 Å². The maximum atomic E-state index is 12.4. The summed E-state index contributed by atoms with van der Waals surface area (Å²) in [6.45, 7) is 0.240. The van der Waals surface area contributed by atoms with E-state index in [1.165, 1.54) is 11.3 Å². The van der Waals surface area contributed by atoms with Crippen LogP contribution < -0.4 is 14.8 Å². The van der Waals surface area contributed by atoms with Crippen molar-refractivity contribution in [1.82, 2.24) is 9.55 Å². The first kappa shape index (κ1) is 17.5. The maximum Gasteiger partial charge on any atom is 0.231 e. The largest absolute Gasteiger partial charge is 0.454 e. The molecule has 1 aliphatic heterocycles. The van der Waals surface area contributed by atoms with Gasteiger partial charge in [0.25, 0.3) is 0 Å². The first-order valence-electron chi connectivity index (χ1n) is 9.12. The minimum Gasteiger partial charge on any atom is -0.454 e. The van der Waals surface area contributed by atoms with Crippen LogP contribution in [0.4, 0.5) is 5.13 Å². The molecule has 0 spiro atoms. The molecule has 2 aromatic heterocycles. The quantitative estimate of drug-likeness (QED) is 0.532. The van der Waals surface area contributed by atoms with Crippen LogP contribution >= 0.6 is 11.3 Å². The molecule has 1 amide bonds. The molecule has 3 heterocycles. The van der Waals surface area contributed by atoms with Crippen molar-refractivity contribution in [1.29, 1.82) is 0 Å². The summed E-state index contributed by atoms with van der Waals surface area (Å²) in [5.41, 5.74) is 3.73. The summed E-state index contributed by atoms with van der Waals surface area (Å²) in [5, 5.41) is 5.37. The summed E-state index contributed by atoms with van der Waals surface area (Å²) in [5.74, 6) is 1.36. The summed E-state index contributed by atoms with van der Waals surface area (Å²) in [4.78, 5) is 16.9. The number of thiazole rings is 1. The number of ether oxygens (including phenoxy) is 2. The third-order valence-electron chi connectivity index (χ3n) is 4.62. The van der Waals surface area contributed by atoms with E-state index in [1.807, 2.05) is 76.9 Å². The summed E-state index contributed by atoms with van der Waals surface area (Å²) >= 11 is 1.40. The Morgan fingerprint density at radius 3 is 2.69 bits per heavy atom. The predicted molar refractivity (Wildman–Crippen MR) is 112 cm³/mol. The molecule has 0 bridgehead atoms. The Labute approximate surface area is 171 Å². The lowest BCUT2D eigenvalue weighted by Crippen LogP contribution is -2.14. The van der Waals surface area contributed by atoms with Crippen LogP contribution in [0.1, 0.15) is 5.56 Å². The lowest BCUT2D eigenvalue weighted by atomic mass is 10.1. The summed E-state index contributed by atoms with van der Waals surface area (Å²) in [7, 11) is 0. The number of benzene rings is 2. The van der Waals surface area contributed by atoms with E-state index >= 15 is 0 Å². The lowest BCUT2D eigenvalue weighted by Gasteiger charge is -2.05. The number of rotatable bonds is 5. The Morgan fingerprint density at radius 1 is 1.07 bits per heavy atom. The van der Waals surface area contributed by atoms with Crippen molar-refractivity contribution in [3.63, 3.8) is 0 Å². The Hall–Kier alpha value is -3.58. The molecule has 0 saturated carbocycles. The van der Waals surface area contributed by atoms with Crippen molar-refractivity contribution in [3.05, 3.63) is 77.9 Å². The molecule has 144 valence electrons. The molecular formula is C22H17N3O3S. The molecule has 0 atom stereocenters. The van der Waals surface area contributed by atoms with Gasteiger partial charge in [-0.15, -0.1) is 11.3 Å². The maximum absolute atomic E-state index is 12.4. The fraction of sp³-hybridized carbons (Fsp3) is 0.0909. The Balaban J connectivity index is 1.23. The number of carbonyl (C=O) groups is 1. The fourth-order valence-electron chi connectivity index (χ4n) is 3.16. The van der Waals surface area contributed by atoms with Crippen molar-refractivity contribution in [2.24, 2.45) is 0 Å². The molecule has 7 heteroatoms. The number of anilines is 1. The SMILES string of the molecule is O=C(Cc1ccc(-n2cccc2)cc1)Nc1nc(-c2ccc3c(c2)OCO3)cs1. The normalized spacial score (nSPS) is 12.1. The monoisotopic (exact) mass is 403 g/mol. The second kappa shape index (κ2) is 7.44. The zero-order valence-electron chi connectivity index (χ0n) is 15.4. The molecular weight excluding hydrogens is 386 g/mol. The molecule has 6 nitrogen and oxygen atoms in total. The second-order valence-electron chi connectivity index (χ2n) is 6.59. The first-order valence-corrected chi connectivity index (χ1v) is 10.0. The molecule has 1 aliphatic rings. The minimum absolute atomic E-state index is 0.0923. The predicted octanol–water partition coefficient (Wildman–Crippen LogP) is 4.51. The van der Waals surface area contributed by atoms with Crippen molar-refractivity contribution in [3.8, 4) is 28.4 Å². The second-order valence-corrected chi connectivity index (χ2v) is 7.45. The highest BCUT2D eigenvalue weighted by molar-refractivity contribution is 7.14. The molecule has 4 aromatic rings. The van der Waals surface area contributed by atoms with Crippen LogP contribution in [0.3, 0.4) is 0 Å². The van der Waals surface area contributed by atoms with E-state index in [0.717, 1.165) is 28.3 Å². The van der Waals surface area contributed by atoms with Crippen LogP contribution in [0.25, 0.3) is 16.9 Å². The zero-order valence-corrected chi connectivity index (χ0v) is 16.2. The van der Waals surface area contributed by atoms with Crippen LogP contribution in [0, 0.1) is 0 Å². The van der Waals surface area contributed by atoms with Gasteiger partial charge in [-0.25, -0.2) is 4.98 Å². The van der Waals surface area contributed by atoms with Crippen molar-refractivity contribution < 1.29 is 14.3 Å². The molecule has 0 aliphatic carbocycles. The summed E-state index contributed by atoms with van der Waals surface area (Å²) in [6, 6.07) is 17.6. The van der Waals surface area contributed by atoms with Crippen LogP contribution in [0.5, 0.6) is 11.5 Å². The third kappa shape index (κ3) is 3.72. The smallest absolute Gasteiger partial charge is 0.231 e. The topological polar surface area (TPSA) is 65.4 Å². The van der Waals surface area contributed by atoms with E-state index in [1.54, 1.807) is 0 Å². The Kier molecular flexibility index (Phi) is 4.50. The molecule has 0 saturated heterocycles. The molecule has 0 fully saturated rings. The Morgan fingerprint density at radius 2 is 1.86 bits per heavy atom. The molecule has 0 unspecified atom stereocenters. The summed E-state index contributed by atoms with van der Waals surface area (Å²) < 4.78 is 12.8. The molecule has 2 aromatic carbocycles. The van der Waals surface area contributed by atoms with Crippen LogP contribution in [-0.4, -0.2) is 22.3 Å². The first-order chi connectivity index (χ1) is 14.2. The van der Waals surface area contributed by atoms with Gasteiger partial charge in [0, 0.05) is 29.0 Å². The Bertz CT molecular complexity index is 1150. The van der Waals surface area contributed by atoms with Crippen LogP contribution in [0.2, 0.25) is 0 Å². The van der Waals surface area contributed by atoms with Crippen molar-refractivity contribution >= 4 is 22.4 Å². The van der Waals surface area contributed by atoms with Gasteiger partial charge in [0.15, 0.2) is 16.6 Å². The highest BCUT2D eigenvalue weighted by Gasteiger charge is 2.15. The van der Waals surface area contributed by atoms with E-state index in [-0.39, 0.29) is 12.7 Å². The van der Waals surface area contributed by atoms with E-state index in [2.05, 4.69) is 10.3 Å². The highest BCUT2D eigenvalue weighted by Crippen LogP contribution is 2.36. The molecule has 0 radical (unpaired) electrons. The number of nitrogens with one attached hydrogen (secondary N) is 1. The van der Waals surface area contributed by atoms with Crippen LogP contribution in [0.15, 0.2) is 72.4 Å². The average Bonchev–Trinajstić information content (AvgIpc) is 3.49. The highest BCUT2D eigenvalue weighted by atomic mass is 32.1. The van der Waals surface area contributed by atoms with Crippen molar-refractivity contribution in [2.45, 2.75) is 6.42 Å². The van der Waals surface area contributed by atoms with Gasteiger partial charge in [0.2, 0.25) is 12.7 Å². The zero-order chi connectivity index (χ0) is 19.6. The van der Waals surface area contributed by atoms with Gasteiger partial charge in [-0.05, 0) is 48.0 Å². The number of hydrogen-bond donors (Lipinski definition) is 1. The molecule has 5 rings (SSSR count).